The highest BCUT2D eigenvalue weighted by Gasteiger charge is 2.11. The molecular formula is C10H11IN2O3. The first kappa shape index (κ1) is 12.9. The molecule has 0 atom stereocenters. The fourth-order valence-corrected chi connectivity index (χ4v) is 1.57. The summed E-state index contributed by atoms with van der Waals surface area (Å²) in [5.74, 6) is 4.94. The number of carbonyl (C=O) groups excluding carboxylic acids is 2. The number of halogens is 1. The number of hydrogen-bond donors (Lipinski definition) is 2. The molecule has 0 aliphatic rings. The molecule has 5 nitrogen and oxygen atoms in total. The van der Waals surface area contributed by atoms with Crippen molar-refractivity contribution in [2.24, 2.45) is 5.84 Å². The standard InChI is InChI=1S/C10H11IN2O3/c1-6(14)4-7(10(15)13-12)5-8-2-3-9(11)16-8/h2-3,5H,4,12H2,1H3,(H,13,15). The van der Waals surface area contributed by atoms with Crippen LogP contribution in [0.2, 0.25) is 0 Å². The molecule has 1 heterocycles. The van der Waals surface area contributed by atoms with Gasteiger partial charge in [-0.2, -0.15) is 0 Å². The van der Waals surface area contributed by atoms with Crippen LogP contribution >= 0.6 is 22.6 Å². The van der Waals surface area contributed by atoms with Crippen LogP contribution in [0.5, 0.6) is 0 Å². The van der Waals surface area contributed by atoms with E-state index in [0.29, 0.717) is 9.53 Å². The van der Waals surface area contributed by atoms with Crippen LogP contribution in [0.1, 0.15) is 19.1 Å². The van der Waals surface area contributed by atoms with Crippen molar-refractivity contribution in [2.75, 3.05) is 0 Å². The molecule has 0 fully saturated rings. The summed E-state index contributed by atoms with van der Waals surface area (Å²) in [4.78, 5) is 22.3. The maximum Gasteiger partial charge on any atom is 0.261 e. The molecule has 0 aromatic carbocycles. The lowest BCUT2D eigenvalue weighted by atomic mass is 10.1. The maximum atomic E-state index is 11.4. The largest absolute Gasteiger partial charge is 0.451 e. The molecule has 1 aromatic rings. The zero-order chi connectivity index (χ0) is 12.1. The molecule has 0 saturated heterocycles. The van der Waals surface area contributed by atoms with Gasteiger partial charge in [0.2, 0.25) is 0 Å². The van der Waals surface area contributed by atoms with E-state index < -0.39 is 5.91 Å². The second-order valence-electron chi connectivity index (χ2n) is 3.16. The second kappa shape index (κ2) is 5.80. The molecule has 16 heavy (non-hydrogen) atoms. The minimum Gasteiger partial charge on any atom is -0.451 e. The number of carbonyl (C=O) groups is 2. The van der Waals surface area contributed by atoms with Crippen molar-refractivity contribution < 1.29 is 14.0 Å². The van der Waals surface area contributed by atoms with E-state index >= 15 is 0 Å². The van der Waals surface area contributed by atoms with Crippen LogP contribution in [0.4, 0.5) is 0 Å². The smallest absolute Gasteiger partial charge is 0.261 e. The molecule has 1 rings (SSSR count). The van der Waals surface area contributed by atoms with Crippen molar-refractivity contribution in [2.45, 2.75) is 13.3 Å². The summed E-state index contributed by atoms with van der Waals surface area (Å²) in [6.45, 7) is 1.41. The lowest BCUT2D eigenvalue weighted by Gasteiger charge is -2.02. The van der Waals surface area contributed by atoms with E-state index in [2.05, 4.69) is 0 Å². The number of nitrogens with two attached hydrogens (primary N) is 1. The first-order chi connectivity index (χ1) is 7.52. The number of hydrazine groups is 1. The highest BCUT2D eigenvalue weighted by Crippen LogP contribution is 2.15. The number of rotatable bonds is 4. The molecule has 0 spiro atoms. The molecule has 6 heteroatoms. The summed E-state index contributed by atoms with van der Waals surface area (Å²) < 4.78 is 5.98. The van der Waals surface area contributed by atoms with Crippen molar-refractivity contribution >= 4 is 40.4 Å². The van der Waals surface area contributed by atoms with Gasteiger partial charge in [-0.15, -0.1) is 0 Å². The number of Topliss-reactive ketones (excluding diaryl/α,β-unsaturated/α-hetero) is 1. The number of amides is 1. The van der Waals surface area contributed by atoms with Crippen LogP contribution in [0.15, 0.2) is 22.1 Å². The number of ketones is 1. The van der Waals surface area contributed by atoms with Crippen LogP contribution < -0.4 is 11.3 Å². The third kappa shape index (κ3) is 3.78. The summed E-state index contributed by atoms with van der Waals surface area (Å²) in [5, 5.41) is 0. The Hall–Kier alpha value is -1.15. The van der Waals surface area contributed by atoms with Crippen molar-refractivity contribution in [3.8, 4) is 0 Å². The molecule has 0 aliphatic carbocycles. The minimum absolute atomic E-state index is 0.0281. The lowest BCUT2D eigenvalue weighted by Crippen LogP contribution is -2.31. The number of furan rings is 1. The fraction of sp³-hybridized carbons (Fsp3) is 0.200. The van der Waals surface area contributed by atoms with Gasteiger partial charge in [0.25, 0.3) is 5.91 Å². The van der Waals surface area contributed by atoms with E-state index in [1.807, 2.05) is 28.0 Å². The number of hydrogen-bond acceptors (Lipinski definition) is 4. The Kier molecular flexibility index (Phi) is 4.69. The average molecular weight is 334 g/mol. The van der Waals surface area contributed by atoms with Gasteiger partial charge in [0.15, 0.2) is 3.77 Å². The van der Waals surface area contributed by atoms with Gasteiger partial charge in [-0.3, -0.25) is 15.0 Å². The van der Waals surface area contributed by atoms with Crippen molar-refractivity contribution in [1.29, 1.82) is 0 Å². The predicted molar refractivity (Wildman–Crippen MR) is 67.0 cm³/mol. The van der Waals surface area contributed by atoms with E-state index in [-0.39, 0.29) is 17.8 Å². The van der Waals surface area contributed by atoms with Crippen LogP contribution in [0, 0.1) is 3.77 Å². The zero-order valence-corrected chi connectivity index (χ0v) is 10.8. The van der Waals surface area contributed by atoms with Gasteiger partial charge in [-0.05, 0) is 47.7 Å². The maximum absolute atomic E-state index is 11.4. The Labute approximate surface area is 106 Å². The summed E-state index contributed by atoms with van der Waals surface area (Å²) in [7, 11) is 0. The predicted octanol–water partition coefficient (Wildman–Crippen LogP) is 1.24. The third-order valence-corrected chi connectivity index (χ3v) is 2.35. The molecule has 0 aliphatic heterocycles. The van der Waals surface area contributed by atoms with Gasteiger partial charge in [0.1, 0.15) is 11.5 Å². The highest BCUT2D eigenvalue weighted by molar-refractivity contribution is 14.1. The minimum atomic E-state index is -0.485. The zero-order valence-electron chi connectivity index (χ0n) is 8.62. The summed E-state index contributed by atoms with van der Waals surface area (Å²) >= 11 is 2.01. The molecular weight excluding hydrogens is 323 g/mol. The van der Waals surface area contributed by atoms with Crippen LogP contribution in [0.3, 0.4) is 0 Å². The molecule has 86 valence electrons. The lowest BCUT2D eigenvalue weighted by molar-refractivity contribution is -0.120. The van der Waals surface area contributed by atoms with Crippen LogP contribution in [-0.4, -0.2) is 11.7 Å². The van der Waals surface area contributed by atoms with Crippen LogP contribution in [0.25, 0.3) is 6.08 Å². The highest BCUT2D eigenvalue weighted by atomic mass is 127. The Balaban J connectivity index is 2.95. The monoisotopic (exact) mass is 334 g/mol. The summed E-state index contributed by atoms with van der Waals surface area (Å²) in [6.07, 6.45) is 1.53. The molecule has 0 saturated carbocycles. The normalized spacial score (nSPS) is 11.3. The van der Waals surface area contributed by atoms with Gasteiger partial charge in [0, 0.05) is 12.0 Å². The Morgan fingerprint density at radius 3 is 2.69 bits per heavy atom. The van der Waals surface area contributed by atoms with Gasteiger partial charge in [-0.25, -0.2) is 5.84 Å². The second-order valence-corrected chi connectivity index (χ2v) is 4.23. The van der Waals surface area contributed by atoms with Crippen molar-refractivity contribution in [3.05, 3.63) is 27.2 Å². The van der Waals surface area contributed by atoms with Crippen molar-refractivity contribution in [1.82, 2.24) is 5.43 Å². The fourth-order valence-electron chi connectivity index (χ4n) is 1.14. The molecule has 0 radical (unpaired) electrons. The first-order valence-electron chi connectivity index (χ1n) is 4.49. The molecule has 0 bridgehead atoms. The quantitative estimate of drug-likeness (QED) is 0.285. The first-order valence-corrected chi connectivity index (χ1v) is 5.57. The summed E-state index contributed by atoms with van der Waals surface area (Å²) in [5.41, 5.74) is 2.27. The Morgan fingerprint density at radius 2 is 2.25 bits per heavy atom. The third-order valence-electron chi connectivity index (χ3n) is 1.77. The van der Waals surface area contributed by atoms with Gasteiger partial charge >= 0.3 is 0 Å². The van der Waals surface area contributed by atoms with E-state index in [1.54, 1.807) is 12.1 Å². The Morgan fingerprint density at radius 1 is 1.56 bits per heavy atom. The van der Waals surface area contributed by atoms with E-state index in [9.17, 15) is 9.59 Å². The SMILES string of the molecule is CC(=O)CC(=Cc1ccc(I)o1)C(=O)NN. The van der Waals surface area contributed by atoms with Gasteiger partial charge in [0.05, 0.1) is 0 Å². The molecule has 1 amide bonds. The van der Waals surface area contributed by atoms with E-state index in [1.165, 1.54) is 13.0 Å². The molecule has 0 unspecified atom stereocenters. The van der Waals surface area contributed by atoms with Gasteiger partial charge in [-0.1, -0.05) is 0 Å². The van der Waals surface area contributed by atoms with Gasteiger partial charge < -0.3 is 4.42 Å². The van der Waals surface area contributed by atoms with E-state index in [0.717, 1.165) is 0 Å². The molecule has 1 aromatic heterocycles. The van der Waals surface area contributed by atoms with E-state index in [4.69, 9.17) is 10.3 Å². The number of nitrogens with one attached hydrogen (secondary N) is 1. The topological polar surface area (TPSA) is 85.3 Å². The van der Waals surface area contributed by atoms with Crippen LogP contribution in [-0.2, 0) is 9.59 Å². The van der Waals surface area contributed by atoms with Crippen molar-refractivity contribution in [3.63, 3.8) is 0 Å². The Bertz CT molecular complexity index is 437. The average Bonchev–Trinajstić information content (AvgIpc) is 2.61. The summed E-state index contributed by atoms with van der Waals surface area (Å²) in [6, 6.07) is 3.48. The molecule has 3 N–H and O–H groups in total.